The number of fused-ring (bicyclic) bond motifs is 1. The second kappa shape index (κ2) is 23.2. The summed E-state index contributed by atoms with van der Waals surface area (Å²) in [5, 5.41) is 24.6. The summed E-state index contributed by atoms with van der Waals surface area (Å²) in [6.45, 7) is 11.5. The summed E-state index contributed by atoms with van der Waals surface area (Å²) in [6, 6.07) is 6.93. The van der Waals surface area contributed by atoms with E-state index in [9.17, 15) is 43.8 Å². The molecule has 0 aliphatic carbocycles. The quantitative estimate of drug-likeness (QED) is 0.0603. The van der Waals surface area contributed by atoms with Crippen molar-refractivity contribution >= 4 is 52.5 Å². The molecule has 3 aromatic rings. The fourth-order valence-electron chi connectivity index (χ4n) is 8.25. The zero-order valence-electron chi connectivity index (χ0n) is 40.5. The molecule has 0 saturated carbocycles. The van der Waals surface area contributed by atoms with E-state index in [2.05, 4.69) is 5.32 Å². The molecule has 5 N–H and O–H groups in total. The normalized spacial score (nSPS) is 23.8. The third-order valence-corrected chi connectivity index (χ3v) is 11.7. The number of aromatic hydroxyl groups is 1. The van der Waals surface area contributed by atoms with Crippen molar-refractivity contribution in [2.24, 2.45) is 23.5 Å². The fourth-order valence-corrected chi connectivity index (χ4v) is 8.25. The van der Waals surface area contributed by atoms with Gasteiger partial charge in [-0.05, 0) is 76.9 Å². The minimum absolute atomic E-state index is 0.00206. The van der Waals surface area contributed by atoms with Gasteiger partial charge >= 0.3 is 35.6 Å². The first-order valence-electron chi connectivity index (χ1n) is 22.2. The van der Waals surface area contributed by atoms with Crippen molar-refractivity contribution in [1.82, 2.24) is 0 Å². The largest absolute Gasteiger partial charge is 0.508 e. The number of hydrogen-bond donors (Lipinski definition) is 4. The lowest BCUT2D eigenvalue weighted by Crippen LogP contribution is -2.65. The molecular weight excluding hydrogens is 925 g/mol. The summed E-state index contributed by atoms with van der Waals surface area (Å²) < 4.78 is 63.8. The molecule has 2 saturated heterocycles. The summed E-state index contributed by atoms with van der Waals surface area (Å²) in [6.07, 6.45) is -7.32. The number of phenols is 1. The molecule has 2 aromatic carbocycles. The average Bonchev–Trinajstić information content (AvgIpc) is 3.26. The molecule has 382 valence electrons. The van der Waals surface area contributed by atoms with Gasteiger partial charge < -0.3 is 73.0 Å². The second-order valence-corrected chi connectivity index (χ2v) is 17.6. The first-order valence-corrected chi connectivity index (χ1v) is 22.2. The van der Waals surface area contributed by atoms with Crippen LogP contribution in [0.2, 0.25) is 0 Å². The van der Waals surface area contributed by atoms with E-state index in [4.69, 9.17) is 57.5 Å². The molecule has 5 rings (SSSR count). The maximum Gasteiger partial charge on any atom is 0.404 e. The predicted molar refractivity (Wildman–Crippen MR) is 244 cm³/mol. The van der Waals surface area contributed by atoms with E-state index >= 15 is 0 Å². The highest BCUT2D eigenvalue weighted by Crippen LogP contribution is 2.43. The number of carbonyl (C=O) groups excluding carboxylic acids is 6. The van der Waals surface area contributed by atoms with Crippen LogP contribution in [0.5, 0.6) is 17.2 Å². The minimum atomic E-state index is -1.66. The summed E-state index contributed by atoms with van der Waals surface area (Å²) in [5.41, 5.74) is 3.77. The van der Waals surface area contributed by atoms with Gasteiger partial charge in [0.05, 0.1) is 30.1 Å². The molecule has 2 aliphatic heterocycles. The molecule has 0 bridgehead atoms. The number of carbonyl (C=O) groups is 6. The van der Waals surface area contributed by atoms with E-state index in [0.717, 1.165) is 19.4 Å². The highest BCUT2D eigenvalue weighted by atomic mass is 16.7. The Bertz CT molecular complexity index is 2530. The predicted octanol–water partition coefficient (Wildman–Crippen LogP) is 4.13. The Morgan fingerprint density at radius 2 is 1.41 bits per heavy atom. The zero-order chi connectivity index (χ0) is 51.8. The average molecular weight is 985 g/mol. The molecule has 2 amide bonds. The van der Waals surface area contributed by atoms with E-state index in [1.165, 1.54) is 58.2 Å². The molecule has 0 radical (unpaired) electrons. The van der Waals surface area contributed by atoms with Crippen molar-refractivity contribution in [2.75, 3.05) is 38.9 Å². The molecule has 9 atom stereocenters. The van der Waals surface area contributed by atoms with E-state index in [-0.39, 0.29) is 59.0 Å². The number of rotatable bonds is 18. The van der Waals surface area contributed by atoms with Gasteiger partial charge in [0.25, 0.3) is 5.91 Å². The number of esters is 4. The van der Waals surface area contributed by atoms with Crippen molar-refractivity contribution < 1.29 is 90.8 Å². The molecule has 22 nitrogen and oxygen atoms in total. The summed E-state index contributed by atoms with van der Waals surface area (Å²) in [7, 11) is 1.33. The van der Waals surface area contributed by atoms with Crippen LogP contribution in [0.25, 0.3) is 11.0 Å². The lowest BCUT2D eigenvalue weighted by atomic mass is 9.76. The first kappa shape index (κ1) is 54.2. The van der Waals surface area contributed by atoms with Crippen molar-refractivity contribution in [3.63, 3.8) is 0 Å². The number of aliphatic hydroxyl groups excluding tert-OH is 1. The Balaban J connectivity index is 1.70. The van der Waals surface area contributed by atoms with E-state index < -0.39 is 121 Å². The standard InChI is InChI=1S/C48H60N2O20/c1-22(2)11-12-28-17-29(13-15-34(28)55)43(57)50-37-40(68-45-33(20-63-26(6)53)31(18-61-24(4)51)32(19-62-25(5)52)36(66-45)21-64-27(7)54)30-14-16-35(23(3)39(30)67-44(37)58)65-46-38(56)41(69-47(49)59)42(60-10)48(8,9)70-46/h11,13-17,31-33,36,38,41-42,45-46,55-56H,12,18-21H2,1-10H3,(H2,49,59)(H,50,57)/t31-,32+,33+,36+,38+,41-,42+,45+,46+/m0/s1. The maximum absolute atomic E-state index is 14.4. The topological polar surface area (TPSA) is 303 Å². The Kier molecular flexibility index (Phi) is 18.0. The van der Waals surface area contributed by atoms with Crippen LogP contribution in [-0.2, 0) is 63.5 Å². The third-order valence-electron chi connectivity index (χ3n) is 11.7. The number of anilines is 1. The van der Waals surface area contributed by atoms with E-state index in [0.29, 0.717) is 5.56 Å². The number of methoxy groups -OCH3 is 1. The number of phenolic OH excluding ortho intramolecular Hbond substituents is 1. The lowest BCUT2D eigenvalue weighted by molar-refractivity contribution is -0.304. The van der Waals surface area contributed by atoms with Crippen LogP contribution in [0.15, 0.2) is 51.2 Å². The molecule has 1 aromatic heterocycles. The van der Waals surface area contributed by atoms with Crippen LogP contribution in [0.4, 0.5) is 10.5 Å². The second-order valence-electron chi connectivity index (χ2n) is 17.6. The Hall–Kier alpha value is -6.75. The number of nitrogens with one attached hydrogen (secondary N) is 1. The van der Waals surface area contributed by atoms with Crippen molar-refractivity contribution in [3.05, 3.63) is 69.1 Å². The molecule has 0 spiro atoms. The summed E-state index contributed by atoms with van der Waals surface area (Å²) in [5.74, 6) is -6.93. The Labute approximate surface area is 402 Å². The van der Waals surface area contributed by atoms with Gasteiger partial charge in [0.1, 0.15) is 42.5 Å². The lowest BCUT2D eigenvalue weighted by Gasteiger charge is -2.47. The molecule has 0 unspecified atom stereocenters. The highest BCUT2D eigenvalue weighted by molar-refractivity contribution is 6.07. The number of aliphatic hydroxyl groups is 1. The molecule has 22 heteroatoms. The van der Waals surface area contributed by atoms with Gasteiger partial charge in [-0.25, -0.2) is 9.59 Å². The Morgan fingerprint density at radius 1 is 0.814 bits per heavy atom. The van der Waals surface area contributed by atoms with Gasteiger partial charge in [-0.15, -0.1) is 0 Å². The number of aryl methyl sites for hydroxylation is 1. The smallest absolute Gasteiger partial charge is 0.404 e. The van der Waals surface area contributed by atoms with Crippen LogP contribution < -0.4 is 26.1 Å². The van der Waals surface area contributed by atoms with E-state index in [1.54, 1.807) is 13.8 Å². The number of ether oxygens (including phenoxy) is 10. The number of nitrogens with two attached hydrogens (primary N) is 1. The van der Waals surface area contributed by atoms with Gasteiger partial charge in [0.2, 0.25) is 12.6 Å². The van der Waals surface area contributed by atoms with Gasteiger partial charge in [0.15, 0.2) is 23.6 Å². The zero-order valence-corrected chi connectivity index (χ0v) is 40.5. The highest BCUT2D eigenvalue weighted by Gasteiger charge is 2.53. The Morgan fingerprint density at radius 3 is 2.00 bits per heavy atom. The molecule has 70 heavy (non-hydrogen) atoms. The molecule has 2 fully saturated rings. The molecule has 2 aliphatic rings. The van der Waals surface area contributed by atoms with Crippen LogP contribution in [0.3, 0.4) is 0 Å². The van der Waals surface area contributed by atoms with Crippen LogP contribution in [-0.4, -0.2) is 122 Å². The van der Waals surface area contributed by atoms with E-state index in [1.807, 2.05) is 19.9 Å². The SMILES string of the molecule is CO[C@@H]1[C@@H](OC(N)=O)[C@@H](O)[C@H](Oc2ccc3c(O[C@H]4O[C@H](COC(C)=O)[C@H](COC(C)=O)[C@H](COC(C)=O)[C@H]4COC(C)=O)c(NC(=O)c4ccc(O)c(CC=C(C)C)c4)c(=O)oc3c2C)OC1(C)C. The van der Waals surface area contributed by atoms with Crippen molar-refractivity contribution in [3.8, 4) is 17.2 Å². The number of primary amides is 1. The van der Waals surface area contributed by atoms with Crippen LogP contribution >= 0.6 is 0 Å². The minimum Gasteiger partial charge on any atom is -0.508 e. The number of benzene rings is 2. The van der Waals surface area contributed by atoms with Crippen molar-refractivity contribution in [1.29, 1.82) is 0 Å². The van der Waals surface area contributed by atoms with Gasteiger partial charge in [-0.1, -0.05) is 11.6 Å². The van der Waals surface area contributed by atoms with Crippen LogP contribution in [0, 0.1) is 24.7 Å². The summed E-state index contributed by atoms with van der Waals surface area (Å²) in [4.78, 5) is 89.4. The van der Waals surface area contributed by atoms with Gasteiger partial charge in [0, 0.05) is 57.8 Å². The van der Waals surface area contributed by atoms with Gasteiger partial charge in [-0.3, -0.25) is 24.0 Å². The van der Waals surface area contributed by atoms with Crippen LogP contribution in [0.1, 0.15) is 76.9 Å². The first-order chi connectivity index (χ1) is 32.9. The summed E-state index contributed by atoms with van der Waals surface area (Å²) >= 11 is 0. The molecular formula is C48H60N2O20. The maximum atomic E-state index is 14.4. The fraction of sp³-hybridized carbons (Fsp3) is 0.521. The van der Waals surface area contributed by atoms with Gasteiger partial charge in [-0.2, -0.15) is 0 Å². The monoisotopic (exact) mass is 984 g/mol. The number of allylic oxidation sites excluding steroid dienone is 2. The molecule has 3 heterocycles. The van der Waals surface area contributed by atoms with Crippen molar-refractivity contribution in [2.45, 2.75) is 111 Å². The number of amides is 2. The number of hydrogen-bond acceptors (Lipinski definition) is 20. The third kappa shape index (κ3) is 13.3.